The van der Waals surface area contributed by atoms with Gasteiger partial charge in [0.05, 0.1) is 12.2 Å². The van der Waals surface area contributed by atoms with Gasteiger partial charge in [-0.05, 0) is 49.7 Å². The minimum Gasteiger partial charge on any atom is -0.393 e. The van der Waals surface area contributed by atoms with Crippen LogP contribution < -0.4 is 0 Å². The van der Waals surface area contributed by atoms with Gasteiger partial charge in [0.2, 0.25) is 0 Å². The van der Waals surface area contributed by atoms with Crippen molar-refractivity contribution < 1.29 is 30.0 Å². The minimum atomic E-state index is -2.05. The average molecular weight is 376 g/mol. The van der Waals surface area contributed by atoms with Crippen LogP contribution in [-0.4, -0.2) is 56.4 Å². The Hall–Kier alpha value is -1.34. The summed E-state index contributed by atoms with van der Waals surface area (Å²) in [6, 6.07) is 0. The molecule has 0 aliphatic heterocycles. The van der Waals surface area contributed by atoms with Gasteiger partial charge in [-0.1, -0.05) is 25.5 Å². The number of hydrogen-bond donors (Lipinski definition) is 4. The molecule has 3 fully saturated rings. The molecule has 4 aliphatic rings. The van der Waals surface area contributed by atoms with Gasteiger partial charge in [0.1, 0.15) is 6.61 Å². The standard InChI is InChI=1S/C21H28O6/c1-19-6-5-12(23)7-11(19)3-4-13-14-8-16(25)21(27,17(26)10-22)20(14,2)9-15(24)18(13)19/h5-7,13-16,18,22,24-25,27H,3-4,8-10H2,1-2H3/t13-,14-,15-,16+,18+,19-,20-,21-/m1/s1. The summed E-state index contributed by atoms with van der Waals surface area (Å²) in [4.78, 5) is 24.2. The van der Waals surface area contributed by atoms with Crippen molar-refractivity contribution in [2.45, 2.75) is 57.3 Å². The van der Waals surface area contributed by atoms with Crippen LogP contribution in [0.15, 0.2) is 23.8 Å². The minimum absolute atomic E-state index is 0.00826. The van der Waals surface area contributed by atoms with Crippen molar-refractivity contribution in [3.8, 4) is 0 Å². The first kappa shape index (κ1) is 19.0. The third-order valence-electron chi connectivity index (χ3n) is 8.28. The molecule has 0 radical (unpaired) electrons. The van der Waals surface area contributed by atoms with Crippen LogP contribution in [0, 0.1) is 28.6 Å². The summed E-state index contributed by atoms with van der Waals surface area (Å²) in [5.74, 6) is -1.09. The number of allylic oxidation sites excluding steroid dienone is 4. The summed E-state index contributed by atoms with van der Waals surface area (Å²) in [6.07, 6.45) is 4.97. The molecule has 4 rings (SSSR count). The number of carbonyl (C=O) groups is 2. The largest absolute Gasteiger partial charge is 0.393 e. The van der Waals surface area contributed by atoms with Crippen molar-refractivity contribution >= 4 is 11.6 Å². The van der Waals surface area contributed by atoms with Crippen LogP contribution in [0.2, 0.25) is 0 Å². The van der Waals surface area contributed by atoms with Gasteiger partial charge in [0.15, 0.2) is 17.2 Å². The Bertz CT molecular complexity index is 756. The molecule has 0 aromatic carbocycles. The number of carbonyl (C=O) groups excluding carboxylic acids is 2. The van der Waals surface area contributed by atoms with E-state index < -0.39 is 41.0 Å². The van der Waals surface area contributed by atoms with Gasteiger partial charge in [-0.25, -0.2) is 0 Å². The van der Waals surface area contributed by atoms with E-state index in [2.05, 4.69) is 0 Å². The molecule has 8 atom stereocenters. The third kappa shape index (κ3) is 2.21. The number of ketones is 2. The third-order valence-corrected chi connectivity index (χ3v) is 8.28. The number of Topliss-reactive ketones (excluding diaryl/α,β-unsaturated/α-hetero) is 1. The number of hydrogen-bond acceptors (Lipinski definition) is 6. The molecule has 4 N–H and O–H groups in total. The van der Waals surface area contributed by atoms with Crippen molar-refractivity contribution in [1.29, 1.82) is 0 Å². The molecule has 0 heterocycles. The quantitative estimate of drug-likeness (QED) is 0.559. The summed E-state index contributed by atoms with van der Waals surface area (Å²) < 4.78 is 0. The Labute approximate surface area is 158 Å². The smallest absolute Gasteiger partial charge is 0.192 e. The van der Waals surface area contributed by atoms with E-state index in [9.17, 15) is 30.0 Å². The Balaban J connectivity index is 1.78. The predicted octanol–water partition coefficient (Wildman–Crippen LogP) is 0.528. The molecule has 4 aliphatic carbocycles. The Morgan fingerprint density at radius 2 is 2.00 bits per heavy atom. The normalized spacial score (nSPS) is 51.3. The molecule has 27 heavy (non-hydrogen) atoms. The van der Waals surface area contributed by atoms with E-state index in [1.807, 2.05) is 13.0 Å². The summed E-state index contributed by atoms with van der Waals surface area (Å²) in [6.45, 7) is 2.96. The summed E-state index contributed by atoms with van der Waals surface area (Å²) in [5.41, 5.74) is -2.46. The maximum absolute atomic E-state index is 12.4. The SMILES string of the molecule is C[C@@]12C=CC(=O)C=C1CC[C@H]1[C@H]2[C@H](O)C[C@]2(C)[C@@H]1C[C@H](O)[C@@]2(O)C(=O)CO. The Morgan fingerprint density at radius 3 is 2.67 bits per heavy atom. The van der Waals surface area contributed by atoms with E-state index in [-0.39, 0.29) is 36.4 Å². The molecular weight excluding hydrogens is 348 g/mol. The molecule has 0 spiro atoms. The molecule has 6 nitrogen and oxygen atoms in total. The van der Waals surface area contributed by atoms with Crippen LogP contribution in [-0.2, 0) is 9.59 Å². The lowest BCUT2D eigenvalue weighted by molar-refractivity contribution is -0.190. The lowest BCUT2D eigenvalue weighted by Gasteiger charge is -2.59. The zero-order valence-corrected chi connectivity index (χ0v) is 15.8. The Kier molecular flexibility index (Phi) is 4.10. The second-order valence-electron chi connectivity index (χ2n) is 9.31. The highest BCUT2D eigenvalue weighted by molar-refractivity contribution is 6.01. The van der Waals surface area contributed by atoms with Crippen LogP contribution in [0.3, 0.4) is 0 Å². The van der Waals surface area contributed by atoms with Crippen molar-refractivity contribution in [2.24, 2.45) is 28.6 Å². The topological polar surface area (TPSA) is 115 Å². The molecule has 0 saturated heterocycles. The van der Waals surface area contributed by atoms with Crippen molar-refractivity contribution in [3.63, 3.8) is 0 Å². The fraction of sp³-hybridized carbons (Fsp3) is 0.714. The maximum Gasteiger partial charge on any atom is 0.192 e. The van der Waals surface area contributed by atoms with Crippen LogP contribution in [0.25, 0.3) is 0 Å². The molecular formula is C21H28O6. The van der Waals surface area contributed by atoms with Crippen molar-refractivity contribution in [2.75, 3.05) is 6.61 Å². The monoisotopic (exact) mass is 376 g/mol. The molecule has 0 aromatic heterocycles. The number of aliphatic hydroxyl groups excluding tert-OH is 3. The average Bonchev–Trinajstić information content (AvgIpc) is 2.82. The van der Waals surface area contributed by atoms with Gasteiger partial charge in [-0.15, -0.1) is 0 Å². The Morgan fingerprint density at radius 1 is 1.30 bits per heavy atom. The van der Waals surface area contributed by atoms with E-state index in [4.69, 9.17) is 0 Å². The first-order valence-electron chi connectivity index (χ1n) is 9.76. The number of fused-ring (bicyclic) bond motifs is 5. The lowest BCUT2D eigenvalue weighted by Crippen LogP contribution is -2.63. The van der Waals surface area contributed by atoms with E-state index in [1.54, 1.807) is 19.1 Å². The summed E-state index contributed by atoms with van der Waals surface area (Å²) in [7, 11) is 0. The maximum atomic E-state index is 12.4. The van der Waals surface area contributed by atoms with Gasteiger partial charge >= 0.3 is 0 Å². The fourth-order valence-corrected chi connectivity index (χ4v) is 6.96. The van der Waals surface area contributed by atoms with Crippen molar-refractivity contribution in [1.82, 2.24) is 0 Å². The van der Waals surface area contributed by atoms with E-state index >= 15 is 0 Å². The van der Waals surface area contributed by atoms with Gasteiger partial charge < -0.3 is 20.4 Å². The van der Waals surface area contributed by atoms with E-state index in [1.165, 1.54) is 0 Å². The summed E-state index contributed by atoms with van der Waals surface area (Å²) >= 11 is 0. The van der Waals surface area contributed by atoms with Crippen LogP contribution in [0.4, 0.5) is 0 Å². The zero-order chi connectivity index (χ0) is 19.8. The van der Waals surface area contributed by atoms with Gasteiger partial charge in [0.25, 0.3) is 0 Å². The first-order chi connectivity index (χ1) is 12.6. The van der Waals surface area contributed by atoms with Crippen LogP contribution >= 0.6 is 0 Å². The highest BCUT2D eigenvalue weighted by atomic mass is 16.4. The molecule has 0 amide bonds. The predicted molar refractivity (Wildman–Crippen MR) is 96.4 cm³/mol. The van der Waals surface area contributed by atoms with E-state index in [0.29, 0.717) is 0 Å². The first-order valence-corrected chi connectivity index (χ1v) is 9.76. The number of aliphatic hydroxyl groups is 4. The van der Waals surface area contributed by atoms with Crippen molar-refractivity contribution in [3.05, 3.63) is 23.8 Å². The summed E-state index contributed by atoms with van der Waals surface area (Å²) in [5, 5.41) is 42.3. The molecule has 148 valence electrons. The highest BCUT2D eigenvalue weighted by Crippen LogP contribution is 2.67. The van der Waals surface area contributed by atoms with Crippen LogP contribution in [0.5, 0.6) is 0 Å². The molecule has 0 aromatic rings. The van der Waals surface area contributed by atoms with Gasteiger partial charge in [-0.3, -0.25) is 9.59 Å². The van der Waals surface area contributed by atoms with E-state index in [0.717, 1.165) is 18.4 Å². The number of rotatable bonds is 2. The molecule has 6 heteroatoms. The molecule has 0 unspecified atom stereocenters. The highest BCUT2D eigenvalue weighted by Gasteiger charge is 2.71. The zero-order valence-electron chi connectivity index (χ0n) is 15.8. The van der Waals surface area contributed by atoms with Gasteiger partial charge in [0, 0.05) is 16.7 Å². The second-order valence-corrected chi connectivity index (χ2v) is 9.31. The molecule has 0 bridgehead atoms. The molecule has 3 saturated carbocycles. The van der Waals surface area contributed by atoms with Crippen LogP contribution in [0.1, 0.15) is 39.5 Å². The lowest BCUT2D eigenvalue weighted by atomic mass is 9.46. The second kappa shape index (κ2) is 5.83. The fourth-order valence-electron chi connectivity index (χ4n) is 6.96. The van der Waals surface area contributed by atoms with Gasteiger partial charge in [-0.2, -0.15) is 0 Å².